The van der Waals surface area contributed by atoms with Crippen molar-refractivity contribution in [3.63, 3.8) is 0 Å². The molecule has 0 bridgehead atoms. The molecule has 1 aliphatic carbocycles. The molecule has 1 atom stereocenters. The van der Waals surface area contributed by atoms with E-state index in [-0.39, 0.29) is 11.8 Å². The predicted molar refractivity (Wildman–Crippen MR) is 90.0 cm³/mol. The Balaban J connectivity index is 2.07. The molecule has 0 aliphatic heterocycles. The lowest BCUT2D eigenvalue weighted by Gasteiger charge is -2.28. The van der Waals surface area contributed by atoms with Gasteiger partial charge in [0.05, 0.1) is 5.56 Å². The predicted octanol–water partition coefficient (Wildman–Crippen LogP) is 3.61. The van der Waals surface area contributed by atoms with E-state index in [1.807, 2.05) is 27.0 Å². The molecule has 0 radical (unpaired) electrons. The Bertz CT molecular complexity index is 571. The van der Waals surface area contributed by atoms with Crippen LogP contribution in [0.25, 0.3) is 0 Å². The highest BCUT2D eigenvalue weighted by Crippen LogP contribution is 2.26. The van der Waals surface area contributed by atoms with Gasteiger partial charge < -0.3 is 9.64 Å². The molecule has 1 fully saturated rings. The van der Waals surface area contributed by atoms with Gasteiger partial charge in [-0.2, -0.15) is 5.26 Å². The first-order valence-corrected chi connectivity index (χ1v) is 8.43. The summed E-state index contributed by atoms with van der Waals surface area (Å²) in [5.41, 5.74) is 0.462. The van der Waals surface area contributed by atoms with Crippen LogP contribution in [0.3, 0.4) is 0 Å². The molecule has 4 heteroatoms. The van der Waals surface area contributed by atoms with Gasteiger partial charge in [0.15, 0.2) is 6.10 Å². The number of carbonyl (C=O) groups excluding carboxylic acids is 1. The minimum absolute atomic E-state index is 0.000331. The Morgan fingerprint density at radius 3 is 2.61 bits per heavy atom. The number of nitrogens with zero attached hydrogens (tertiary/aromatic N) is 2. The van der Waals surface area contributed by atoms with Crippen LogP contribution in [0.4, 0.5) is 0 Å². The topological polar surface area (TPSA) is 53.3 Å². The quantitative estimate of drug-likeness (QED) is 0.806. The van der Waals surface area contributed by atoms with Gasteiger partial charge in [-0.25, -0.2) is 0 Å². The average molecular weight is 314 g/mol. The maximum atomic E-state index is 12.8. The Morgan fingerprint density at radius 2 is 2.00 bits per heavy atom. The summed E-state index contributed by atoms with van der Waals surface area (Å²) in [4.78, 5) is 14.6. The summed E-state index contributed by atoms with van der Waals surface area (Å²) >= 11 is 0. The monoisotopic (exact) mass is 314 g/mol. The number of carbonyl (C=O) groups is 1. The number of ether oxygens (including phenoxy) is 1. The van der Waals surface area contributed by atoms with E-state index in [1.165, 1.54) is 25.7 Å². The number of nitriles is 1. The average Bonchev–Trinajstić information content (AvgIpc) is 3.04. The molecule has 2 rings (SSSR count). The summed E-state index contributed by atoms with van der Waals surface area (Å²) in [6.07, 6.45) is 4.40. The third kappa shape index (κ3) is 4.48. The van der Waals surface area contributed by atoms with Crippen LogP contribution in [0.5, 0.6) is 5.75 Å². The van der Waals surface area contributed by atoms with Crippen molar-refractivity contribution in [2.75, 3.05) is 13.6 Å². The van der Waals surface area contributed by atoms with E-state index in [0.717, 1.165) is 6.54 Å². The molecular formula is C19H26N2O2. The lowest BCUT2D eigenvalue weighted by molar-refractivity contribution is -0.139. The number of amides is 1. The molecule has 0 spiro atoms. The van der Waals surface area contributed by atoms with Crippen LogP contribution in [0.15, 0.2) is 24.3 Å². The molecule has 0 heterocycles. The molecular weight excluding hydrogens is 288 g/mol. The first kappa shape index (κ1) is 17.3. The molecule has 0 saturated heterocycles. The second kappa shape index (κ2) is 8.01. The van der Waals surface area contributed by atoms with Crippen LogP contribution in [0, 0.1) is 23.2 Å². The Morgan fingerprint density at radius 1 is 1.35 bits per heavy atom. The van der Waals surface area contributed by atoms with Gasteiger partial charge in [0.2, 0.25) is 0 Å². The van der Waals surface area contributed by atoms with Crippen molar-refractivity contribution in [1.82, 2.24) is 4.90 Å². The zero-order valence-corrected chi connectivity index (χ0v) is 14.3. The number of benzene rings is 1. The minimum atomic E-state index is -0.559. The van der Waals surface area contributed by atoms with Crippen LogP contribution >= 0.6 is 0 Å². The molecule has 1 saturated carbocycles. The molecule has 0 aromatic heterocycles. The van der Waals surface area contributed by atoms with E-state index >= 15 is 0 Å². The highest BCUT2D eigenvalue weighted by molar-refractivity contribution is 5.81. The molecule has 0 N–H and O–H groups in total. The van der Waals surface area contributed by atoms with Crippen LogP contribution in [-0.2, 0) is 4.79 Å². The summed E-state index contributed by atoms with van der Waals surface area (Å²) < 4.78 is 5.93. The van der Waals surface area contributed by atoms with Crippen molar-refractivity contribution in [1.29, 1.82) is 5.26 Å². The first-order chi connectivity index (χ1) is 11.0. The third-order valence-electron chi connectivity index (χ3n) is 4.49. The van der Waals surface area contributed by atoms with E-state index in [9.17, 15) is 10.1 Å². The van der Waals surface area contributed by atoms with Crippen LogP contribution in [0.1, 0.15) is 45.1 Å². The van der Waals surface area contributed by atoms with E-state index in [4.69, 9.17) is 4.74 Å². The maximum Gasteiger partial charge on any atom is 0.263 e. The molecule has 23 heavy (non-hydrogen) atoms. The number of para-hydroxylation sites is 1. The van der Waals surface area contributed by atoms with Crippen LogP contribution < -0.4 is 4.74 Å². The van der Waals surface area contributed by atoms with Gasteiger partial charge >= 0.3 is 0 Å². The summed E-state index contributed by atoms with van der Waals surface area (Å²) in [7, 11) is 1.86. The lowest BCUT2D eigenvalue weighted by Crippen LogP contribution is -2.44. The molecule has 1 unspecified atom stereocenters. The second-order valence-corrected chi connectivity index (χ2v) is 6.76. The van der Waals surface area contributed by atoms with Gasteiger partial charge in [-0.1, -0.05) is 38.8 Å². The molecule has 1 aromatic carbocycles. The summed E-state index contributed by atoms with van der Waals surface area (Å²) in [6.45, 7) is 4.74. The van der Waals surface area contributed by atoms with Crippen molar-refractivity contribution in [2.45, 2.75) is 45.6 Å². The van der Waals surface area contributed by atoms with Crippen molar-refractivity contribution in [3.05, 3.63) is 29.8 Å². The smallest absolute Gasteiger partial charge is 0.263 e. The Kier molecular flexibility index (Phi) is 6.04. The Hall–Kier alpha value is -2.02. The summed E-state index contributed by atoms with van der Waals surface area (Å²) in [5.74, 6) is 1.14. The van der Waals surface area contributed by atoms with Gasteiger partial charge in [0.1, 0.15) is 11.8 Å². The molecule has 124 valence electrons. The van der Waals surface area contributed by atoms with E-state index in [2.05, 4.69) is 6.07 Å². The number of hydrogen-bond acceptors (Lipinski definition) is 3. The maximum absolute atomic E-state index is 12.8. The minimum Gasteiger partial charge on any atom is -0.479 e. The zero-order chi connectivity index (χ0) is 16.8. The number of hydrogen-bond donors (Lipinski definition) is 0. The SMILES string of the molecule is CC(C)C(Oc1ccccc1C#N)C(=O)N(C)CC1CCCC1. The Labute approximate surface area is 139 Å². The standard InChI is InChI=1S/C19H26N2O2/c1-14(2)18(23-17-11-7-6-10-16(17)12-20)19(22)21(3)13-15-8-4-5-9-15/h6-7,10-11,14-15,18H,4-5,8-9,13H2,1-3H3. The van der Waals surface area contributed by atoms with Gasteiger partial charge in [-0.15, -0.1) is 0 Å². The van der Waals surface area contributed by atoms with Crippen molar-refractivity contribution in [2.24, 2.45) is 11.8 Å². The second-order valence-electron chi connectivity index (χ2n) is 6.76. The van der Waals surface area contributed by atoms with Crippen molar-refractivity contribution < 1.29 is 9.53 Å². The largest absolute Gasteiger partial charge is 0.479 e. The highest BCUT2D eigenvalue weighted by Gasteiger charge is 2.29. The van der Waals surface area contributed by atoms with Gasteiger partial charge in [0.25, 0.3) is 5.91 Å². The molecule has 1 aromatic rings. The lowest BCUT2D eigenvalue weighted by atomic mass is 10.0. The molecule has 1 aliphatic rings. The van der Waals surface area contributed by atoms with Crippen LogP contribution in [0.2, 0.25) is 0 Å². The number of likely N-dealkylation sites (N-methyl/N-ethyl adjacent to an activating group) is 1. The molecule has 1 amide bonds. The fraction of sp³-hybridized carbons (Fsp3) is 0.579. The third-order valence-corrected chi connectivity index (χ3v) is 4.49. The fourth-order valence-corrected chi connectivity index (χ4v) is 3.16. The van der Waals surface area contributed by atoms with E-state index < -0.39 is 6.10 Å². The number of rotatable bonds is 6. The fourth-order valence-electron chi connectivity index (χ4n) is 3.16. The summed E-state index contributed by atoms with van der Waals surface area (Å²) in [6, 6.07) is 9.19. The molecule has 4 nitrogen and oxygen atoms in total. The zero-order valence-electron chi connectivity index (χ0n) is 14.3. The van der Waals surface area contributed by atoms with E-state index in [1.54, 1.807) is 23.1 Å². The van der Waals surface area contributed by atoms with Crippen molar-refractivity contribution >= 4 is 5.91 Å². The van der Waals surface area contributed by atoms with Gasteiger partial charge in [-0.3, -0.25) is 4.79 Å². The highest BCUT2D eigenvalue weighted by atomic mass is 16.5. The van der Waals surface area contributed by atoms with Gasteiger partial charge in [0, 0.05) is 13.6 Å². The van der Waals surface area contributed by atoms with Crippen molar-refractivity contribution in [3.8, 4) is 11.8 Å². The van der Waals surface area contributed by atoms with Crippen LogP contribution in [-0.4, -0.2) is 30.5 Å². The van der Waals surface area contributed by atoms with Gasteiger partial charge in [-0.05, 0) is 36.8 Å². The normalized spacial score (nSPS) is 16.1. The summed E-state index contributed by atoms with van der Waals surface area (Å²) in [5, 5.41) is 9.18. The first-order valence-electron chi connectivity index (χ1n) is 8.43. The van der Waals surface area contributed by atoms with E-state index in [0.29, 0.717) is 17.2 Å².